The summed E-state index contributed by atoms with van der Waals surface area (Å²) in [7, 11) is 0. The molecular weight excluding hydrogens is 330 g/mol. The van der Waals surface area contributed by atoms with E-state index in [0.717, 1.165) is 22.7 Å². The van der Waals surface area contributed by atoms with Gasteiger partial charge in [0.15, 0.2) is 5.13 Å². The Labute approximate surface area is 143 Å². The summed E-state index contributed by atoms with van der Waals surface area (Å²) in [6, 6.07) is 7.48. The van der Waals surface area contributed by atoms with E-state index in [4.69, 9.17) is 0 Å². The number of aryl methyl sites for hydroxylation is 1. The number of aromatic nitrogens is 1. The molecule has 0 bridgehead atoms. The Hall–Kier alpha value is -1.86. The number of amides is 2. The lowest BCUT2D eigenvalue weighted by molar-refractivity contribution is -0.116. The maximum Gasteiger partial charge on any atom is 0.236 e. The van der Waals surface area contributed by atoms with Gasteiger partial charge in [-0.3, -0.25) is 9.59 Å². The predicted octanol–water partition coefficient (Wildman–Crippen LogP) is 3.92. The largest absolute Gasteiger partial charge is 0.326 e. The van der Waals surface area contributed by atoms with Crippen LogP contribution in [0.4, 0.5) is 10.8 Å². The molecule has 5 nitrogen and oxygen atoms in total. The van der Waals surface area contributed by atoms with Gasteiger partial charge in [0, 0.05) is 22.4 Å². The van der Waals surface area contributed by atoms with Crippen molar-refractivity contribution in [1.29, 1.82) is 0 Å². The summed E-state index contributed by atoms with van der Waals surface area (Å²) in [6.45, 7) is 3.86. The normalized spacial score (nSPS) is 10.3. The van der Waals surface area contributed by atoms with Crippen LogP contribution in [-0.4, -0.2) is 22.6 Å². The third kappa shape index (κ3) is 6.03. The van der Waals surface area contributed by atoms with Crippen LogP contribution in [0.3, 0.4) is 0 Å². The molecule has 2 amide bonds. The van der Waals surface area contributed by atoms with Gasteiger partial charge in [-0.05, 0) is 37.6 Å². The molecule has 1 heterocycles. The Balaban J connectivity index is 1.79. The van der Waals surface area contributed by atoms with Gasteiger partial charge in [0.2, 0.25) is 11.8 Å². The summed E-state index contributed by atoms with van der Waals surface area (Å²) < 4.78 is 0. The van der Waals surface area contributed by atoms with Crippen molar-refractivity contribution in [3.05, 3.63) is 35.3 Å². The highest BCUT2D eigenvalue weighted by Gasteiger charge is 2.07. The van der Waals surface area contributed by atoms with Crippen LogP contribution in [0, 0.1) is 6.92 Å². The summed E-state index contributed by atoms with van der Waals surface area (Å²) in [6.07, 6.45) is 1.35. The molecule has 0 unspecified atom stereocenters. The highest BCUT2D eigenvalue weighted by atomic mass is 32.2. The number of carbonyl (C=O) groups excluding carboxylic acids is 2. The van der Waals surface area contributed by atoms with Gasteiger partial charge in [0.1, 0.15) is 0 Å². The van der Waals surface area contributed by atoms with Crippen LogP contribution in [-0.2, 0) is 9.59 Å². The molecule has 2 rings (SSSR count). The lowest BCUT2D eigenvalue weighted by atomic mass is 10.3. The van der Waals surface area contributed by atoms with Crippen LogP contribution in [0.1, 0.15) is 25.5 Å². The number of carbonyl (C=O) groups is 2. The maximum absolute atomic E-state index is 11.9. The van der Waals surface area contributed by atoms with Gasteiger partial charge in [-0.25, -0.2) is 4.98 Å². The molecule has 2 aromatic rings. The van der Waals surface area contributed by atoms with Crippen molar-refractivity contribution < 1.29 is 9.59 Å². The van der Waals surface area contributed by atoms with Gasteiger partial charge in [0.25, 0.3) is 0 Å². The molecule has 0 aliphatic carbocycles. The van der Waals surface area contributed by atoms with Crippen molar-refractivity contribution >= 4 is 45.7 Å². The van der Waals surface area contributed by atoms with E-state index in [2.05, 4.69) is 15.6 Å². The number of hydrogen-bond acceptors (Lipinski definition) is 5. The fraction of sp³-hybridized carbons (Fsp3) is 0.312. The summed E-state index contributed by atoms with van der Waals surface area (Å²) in [5, 5.41) is 8.13. The lowest BCUT2D eigenvalue weighted by Crippen LogP contribution is -2.13. The molecule has 0 fully saturated rings. The SMILES string of the molecule is CCCC(=O)Nc1ccc(SCC(=O)Nc2nc(C)cs2)cc1. The Morgan fingerprint density at radius 3 is 2.52 bits per heavy atom. The zero-order valence-electron chi connectivity index (χ0n) is 13.1. The van der Waals surface area contributed by atoms with Crippen molar-refractivity contribution in [1.82, 2.24) is 4.98 Å². The molecule has 122 valence electrons. The van der Waals surface area contributed by atoms with Gasteiger partial charge in [-0.2, -0.15) is 0 Å². The summed E-state index contributed by atoms with van der Waals surface area (Å²) in [4.78, 5) is 28.5. The van der Waals surface area contributed by atoms with Crippen LogP contribution in [0.25, 0.3) is 0 Å². The van der Waals surface area contributed by atoms with E-state index in [0.29, 0.717) is 17.3 Å². The van der Waals surface area contributed by atoms with E-state index in [-0.39, 0.29) is 11.8 Å². The van der Waals surface area contributed by atoms with Crippen LogP contribution in [0.2, 0.25) is 0 Å². The fourth-order valence-electron chi connectivity index (χ4n) is 1.80. The van der Waals surface area contributed by atoms with E-state index >= 15 is 0 Å². The molecule has 0 atom stereocenters. The standard InChI is InChI=1S/C16H19N3O2S2/c1-3-4-14(20)18-12-5-7-13(8-6-12)22-10-15(21)19-16-17-11(2)9-23-16/h5-9H,3-4,10H2,1-2H3,(H,18,20)(H,17,19,21). The number of anilines is 2. The molecule has 0 aliphatic rings. The van der Waals surface area contributed by atoms with Crippen molar-refractivity contribution in [2.75, 3.05) is 16.4 Å². The third-order valence-corrected chi connectivity index (χ3v) is 4.74. The van der Waals surface area contributed by atoms with Gasteiger partial charge in [-0.1, -0.05) is 6.92 Å². The van der Waals surface area contributed by atoms with Gasteiger partial charge < -0.3 is 10.6 Å². The van der Waals surface area contributed by atoms with Gasteiger partial charge in [-0.15, -0.1) is 23.1 Å². The predicted molar refractivity (Wildman–Crippen MR) is 96.2 cm³/mol. The first-order chi connectivity index (χ1) is 11.1. The minimum Gasteiger partial charge on any atom is -0.326 e. The first-order valence-corrected chi connectivity index (χ1v) is 9.18. The first-order valence-electron chi connectivity index (χ1n) is 7.31. The monoisotopic (exact) mass is 349 g/mol. The Morgan fingerprint density at radius 1 is 1.17 bits per heavy atom. The van der Waals surface area contributed by atoms with E-state index < -0.39 is 0 Å². The molecule has 2 N–H and O–H groups in total. The molecule has 0 saturated carbocycles. The average Bonchev–Trinajstić information content (AvgIpc) is 2.92. The molecule has 0 spiro atoms. The topological polar surface area (TPSA) is 71.1 Å². The van der Waals surface area contributed by atoms with Gasteiger partial charge >= 0.3 is 0 Å². The number of benzene rings is 1. The number of thiazole rings is 1. The van der Waals surface area contributed by atoms with Crippen molar-refractivity contribution in [2.24, 2.45) is 0 Å². The van der Waals surface area contributed by atoms with E-state index in [1.807, 2.05) is 43.5 Å². The number of nitrogens with zero attached hydrogens (tertiary/aromatic N) is 1. The zero-order valence-corrected chi connectivity index (χ0v) is 14.7. The number of rotatable bonds is 7. The van der Waals surface area contributed by atoms with E-state index in [1.165, 1.54) is 23.1 Å². The van der Waals surface area contributed by atoms with Crippen LogP contribution in [0.15, 0.2) is 34.5 Å². The summed E-state index contributed by atoms with van der Waals surface area (Å²) in [5.74, 6) is 0.260. The molecule has 0 saturated heterocycles. The summed E-state index contributed by atoms with van der Waals surface area (Å²) >= 11 is 2.86. The highest BCUT2D eigenvalue weighted by Crippen LogP contribution is 2.21. The third-order valence-electron chi connectivity index (χ3n) is 2.85. The van der Waals surface area contributed by atoms with Crippen molar-refractivity contribution in [3.63, 3.8) is 0 Å². The minimum atomic E-state index is -0.0790. The first kappa shape index (κ1) is 17.5. The molecular formula is C16H19N3O2S2. The maximum atomic E-state index is 11.9. The Kier molecular flexibility index (Phi) is 6.61. The lowest BCUT2D eigenvalue weighted by Gasteiger charge is -2.06. The molecule has 1 aromatic carbocycles. The van der Waals surface area contributed by atoms with Crippen molar-refractivity contribution in [2.45, 2.75) is 31.6 Å². The molecule has 1 aromatic heterocycles. The van der Waals surface area contributed by atoms with Crippen LogP contribution in [0.5, 0.6) is 0 Å². The fourth-order valence-corrected chi connectivity index (χ4v) is 3.20. The van der Waals surface area contributed by atoms with Crippen LogP contribution >= 0.6 is 23.1 Å². The zero-order chi connectivity index (χ0) is 16.7. The Morgan fingerprint density at radius 2 is 1.91 bits per heavy atom. The molecule has 23 heavy (non-hydrogen) atoms. The minimum absolute atomic E-state index is 0.0195. The molecule has 7 heteroatoms. The number of thioether (sulfide) groups is 1. The van der Waals surface area contributed by atoms with Gasteiger partial charge in [0.05, 0.1) is 11.4 Å². The number of hydrogen-bond donors (Lipinski definition) is 2. The second-order valence-corrected chi connectivity index (χ2v) is 6.86. The quantitative estimate of drug-likeness (QED) is 0.743. The average molecular weight is 349 g/mol. The Bertz CT molecular complexity index is 668. The van der Waals surface area contributed by atoms with Crippen LogP contribution < -0.4 is 10.6 Å². The van der Waals surface area contributed by atoms with E-state index in [1.54, 1.807) is 0 Å². The molecule has 0 aliphatic heterocycles. The summed E-state index contributed by atoms with van der Waals surface area (Å²) in [5.41, 5.74) is 1.68. The van der Waals surface area contributed by atoms with Crippen molar-refractivity contribution in [3.8, 4) is 0 Å². The molecule has 0 radical (unpaired) electrons. The second kappa shape index (κ2) is 8.69. The smallest absolute Gasteiger partial charge is 0.236 e. The second-order valence-electron chi connectivity index (χ2n) is 4.95. The number of nitrogens with one attached hydrogen (secondary N) is 2. The highest BCUT2D eigenvalue weighted by molar-refractivity contribution is 8.00. The van der Waals surface area contributed by atoms with E-state index in [9.17, 15) is 9.59 Å².